The fourth-order valence-corrected chi connectivity index (χ4v) is 2.86. The molecule has 6 heteroatoms. The van der Waals surface area contributed by atoms with E-state index in [0.29, 0.717) is 25.7 Å². The van der Waals surface area contributed by atoms with Gasteiger partial charge >= 0.3 is 0 Å². The maximum atomic E-state index is 11.6. The molecule has 2 rings (SSSR count). The van der Waals surface area contributed by atoms with E-state index in [9.17, 15) is 4.79 Å². The Morgan fingerprint density at radius 2 is 2.40 bits per heavy atom. The summed E-state index contributed by atoms with van der Waals surface area (Å²) >= 11 is 0. The quantitative estimate of drug-likeness (QED) is 0.594. The Morgan fingerprint density at radius 1 is 1.50 bits per heavy atom. The number of carbonyl (C=O) groups excluding carboxylic acids is 1. The van der Waals surface area contributed by atoms with Gasteiger partial charge < -0.3 is 20.1 Å². The van der Waals surface area contributed by atoms with Gasteiger partial charge in [-0.3, -0.25) is 9.69 Å². The van der Waals surface area contributed by atoms with Gasteiger partial charge in [0, 0.05) is 39.4 Å². The molecule has 2 heterocycles. The van der Waals surface area contributed by atoms with E-state index in [0.717, 1.165) is 26.1 Å². The minimum atomic E-state index is 0.0379. The van der Waals surface area contributed by atoms with Crippen LogP contribution in [0.4, 0.5) is 0 Å². The molecule has 0 radical (unpaired) electrons. The fraction of sp³-hybridized carbons (Fsp3) is 0.929. The van der Waals surface area contributed by atoms with Crippen LogP contribution in [0, 0.1) is 0 Å². The van der Waals surface area contributed by atoms with E-state index in [-0.39, 0.29) is 12.0 Å². The number of nitrogens with one attached hydrogen (secondary N) is 2. The number of carbonyl (C=O) groups is 1. The SMILES string of the molecule is COCCCNC(=O)CNCC1CN2CCCC2CO1. The second kappa shape index (κ2) is 8.56. The van der Waals surface area contributed by atoms with Crippen LogP contribution in [-0.2, 0) is 14.3 Å². The Balaban J connectivity index is 1.51. The molecule has 0 spiro atoms. The summed E-state index contributed by atoms with van der Waals surface area (Å²) in [5, 5.41) is 6.04. The summed E-state index contributed by atoms with van der Waals surface area (Å²) in [6, 6.07) is 0.635. The summed E-state index contributed by atoms with van der Waals surface area (Å²) in [6.07, 6.45) is 3.62. The van der Waals surface area contributed by atoms with Crippen LogP contribution in [0.3, 0.4) is 0 Å². The van der Waals surface area contributed by atoms with Crippen molar-refractivity contribution in [2.24, 2.45) is 0 Å². The molecule has 2 N–H and O–H groups in total. The molecule has 0 saturated carbocycles. The van der Waals surface area contributed by atoms with Crippen molar-refractivity contribution in [3.05, 3.63) is 0 Å². The number of rotatable bonds is 8. The highest BCUT2D eigenvalue weighted by Crippen LogP contribution is 2.22. The number of amides is 1. The molecule has 0 aromatic rings. The van der Waals surface area contributed by atoms with E-state index >= 15 is 0 Å². The molecule has 20 heavy (non-hydrogen) atoms. The van der Waals surface area contributed by atoms with Gasteiger partial charge in [0.15, 0.2) is 0 Å². The zero-order valence-electron chi connectivity index (χ0n) is 12.4. The number of hydrogen-bond donors (Lipinski definition) is 2. The van der Waals surface area contributed by atoms with E-state index < -0.39 is 0 Å². The molecule has 2 fully saturated rings. The third kappa shape index (κ3) is 5.01. The molecular formula is C14H27N3O3. The largest absolute Gasteiger partial charge is 0.385 e. The average Bonchev–Trinajstić information content (AvgIpc) is 2.91. The van der Waals surface area contributed by atoms with Crippen molar-refractivity contribution in [2.75, 3.05) is 53.0 Å². The van der Waals surface area contributed by atoms with Crippen LogP contribution in [0.1, 0.15) is 19.3 Å². The van der Waals surface area contributed by atoms with Crippen LogP contribution in [-0.4, -0.2) is 76.0 Å². The molecule has 2 atom stereocenters. The van der Waals surface area contributed by atoms with Gasteiger partial charge in [0.05, 0.1) is 19.3 Å². The first kappa shape index (κ1) is 15.7. The molecule has 2 aliphatic heterocycles. The summed E-state index contributed by atoms with van der Waals surface area (Å²) in [5.74, 6) is 0.0379. The molecule has 0 aliphatic carbocycles. The molecule has 2 aliphatic rings. The zero-order chi connectivity index (χ0) is 14.2. The van der Waals surface area contributed by atoms with Crippen LogP contribution in [0.5, 0.6) is 0 Å². The van der Waals surface area contributed by atoms with Crippen LogP contribution in [0.15, 0.2) is 0 Å². The molecule has 0 bridgehead atoms. The maximum absolute atomic E-state index is 11.6. The van der Waals surface area contributed by atoms with Crippen molar-refractivity contribution in [1.82, 2.24) is 15.5 Å². The van der Waals surface area contributed by atoms with Gasteiger partial charge in [-0.15, -0.1) is 0 Å². The zero-order valence-corrected chi connectivity index (χ0v) is 12.4. The Hall–Kier alpha value is -0.690. The predicted octanol–water partition coefficient (Wildman–Crippen LogP) is -0.408. The average molecular weight is 285 g/mol. The van der Waals surface area contributed by atoms with Crippen LogP contribution < -0.4 is 10.6 Å². The van der Waals surface area contributed by atoms with Gasteiger partial charge in [-0.2, -0.15) is 0 Å². The van der Waals surface area contributed by atoms with Gasteiger partial charge in [-0.25, -0.2) is 0 Å². The van der Waals surface area contributed by atoms with Crippen molar-refractivity contribution >= 4 is 5.91 Å². The number of methoxy groups -OCH3 is 1. The fourth-order valence-electron chi connectivity index (χ4n) is 2.86. The molecule has 0 aromatic carbocycles. The van der Waals surface area contributed by atoms with Crippen LogP contribution in [0.2, 0.25) is 0 Å². The smallest absolute Gasteiger partial charge is 0.233 e. The molecule has 2 unspecified atom stereocenters. The summed E-state index contributed by atoms with van der Waals surface area (Å²) < 4.78 is 10.8. The van der Waals surface area contributed by atoms with E-state index in [1.54, 1.807) is 7.11 Å². The van der Waals surface area contributed by atoms with Crippen molar-refractivity contribution in [1.29, 1.82) is 0 Å². The van der Waals surface area contributed by atoms with E-state index in [4.69, 9.17) is 9.47 Å². The lowest BCUT2D eigenvalue weighted by atomic mass is 10.2. The van der Waals surface area contributed by atoms with Crippen molar-refractivity contribution in [3.8, 4) is 0 Å². The molecule has 2 saturated heterocycles. The molecule has 0 aromatic heterocycles. The van der Waals surface area contributed by atoms with Gasteiger partial charge in [0.1, 0.15) is 0 Å². The van der Waals surface area contributed by atoms with Crippen molar-refractivity contribution in [2.45, 2.75) is 31.4 Å². The lowest BCUT2D eigenvalue weighted by Crippen LogP contribution is -2.50. The summed E-state index contributed by atoms with van der Waals surface area (Å²) in [5.41, 5.74) is 0. The Bertz CT molecular complexity index is 301. The third-order valence-corrected chi connectivity index (χ3v) is 3.97. The number of hydrogen-bond acceptors (Lipinski definition) is 5. The first-order valence-corrected chi connectivity index (χ1v) is 7.61. The van der Waals surface area contributed by atoms with Gasteiger partial charge in [0.25, 0.3) is 0 Å². The predicted molar refractivity (Wildman–Crippen MR) is 76.7 cm³/mol. The molecular weight excluding hydrogens is 258 g/mol. The Kier molecular flexibility index (Phi) is 6.72. The minimum Gasteiger partial charge on any atom is -0.385 e. The van der Waals surface area contributed by atoms with Gasteiger partial charge in [0.2, 0.25) is 5.91 Å². The van der Waals surface area contributed by atoms with E-state index in [1.807, 2.05) is 0 Å². The first-order chi connectivity index (χ1) is 9.79. The standard InChI is InChI=1S/C14H27N3O3/c1-19-7-3-5-16-14(18)9-15-8-13-10-17-6-2-4-12(17)11-20-13/h12-13,15H,2-11H2,1H3,(H,16,18). The highest BCUT2D eigenvalue weighted by molar-refractivity contribution is 5.77. The molecule has 116 valence electrons. The molecule has 1 amide bonds. The Morgan fingerprint density at radius 3 is 3.25 bits per heavy atom. The summed E-state index contributed by atoms with van der Waals surface area (Å²) in [7, 11) is 1.67. The van der Waals surface area contributed by atoms with Crippen molar-refractivity contribution in [3.63, 3.8) is 0 Å². The number of ether oxygens (including phenoxy) is 2. The van der Waals surface area contributed by atoms with Crippen molar-refractivity contribution < 1.29 is 14.3 Å². The third-order valence-electron chi connectivity index (χ3n) is 3.97. The number of fused-ring (bicyclic) bond motifs is 1. The van der Waals surface area contributed by atoms with Gasteiger partial charge in [-0.1, -0.05) is 0 Å². The topological polar surface area (TPSA) is 62.8 Å². The normalized spacial score (nSPS) is 26.4. The minimum absolute atomic E-state index is 0.0379. The lowest BCUT2D eigenvalue weighted by Gasteiger charge is -2.35. The molecule has 6 nitrogen and oxygen atoms in total. The first-order valence-electron chi connectivity index (χ1n) is 7.61. The highest BCUT2D eigenvalue weighted by atomic mass is 16.5. The second-order valence-corrected chi connectivity index (χ2v) is 5.57. The highest BCUT2D eigenvalue weighted by Gasteiger charge is 2.31. The van der Waals surface area contributed by atoms with E-state index in [2.05, 4.69) is 15.5 Å². The second-order valence-electron chi connectivity index (χ2n) is 5.57. The number of nitrogens with zero attached hydrogens (tertiary/aromatic N) is 1. The Labute approximate surface area is 121 Å². The monoisotopic (exact) mass is 285 g/mol. The van der Waals surface area contributed by atoms with Crippen LogP contribution in [0.25, 0.3) is 0 Å². The maximum Gasteiger partial charge on any atom is 0.233 e. The van der Waals surface area contributed by atoms with E-state index in [1.165, 1.54) is 19.4 Å². The number of morpholine rings is 1. The van der Waals surface area contributed by atoms with Crippen LogP contribution >= 0.6 is 0 Å². The van der Waals surface area contributed by atoms with Gasteiger partial charge in [-0.05, 0) is 25.8 Å². The summed E-state index contributed by atoms with van der Waals surface area (Å²) in [6.45, 7) is 5.49. The lowest BCUT2D eigenvalue weighted by molar-refractivity contribution is -0.120. The summed E-state index contributed by atoms with van der Waals surface area (Å²) in [4.78, 5) is 14.1.